The molecule has 6 nitrogen and oxygen atoms in total. The number of piperidine rings is 1. The van der Waals surface area contributed by atoms with Crippen LogP contribution in [-0.4, -0.2) is 38.6 Å². The molecule has 2 aromatic heterocycles. The van der Waals surface area contributed by atoms with Crippen molar-refractivity contribution in [1.29, 1.82) is 0 Å². The summed E-state index contributed by atoms with van der Waals surface area (Å²) in [5, 5.41) is 2.97. The first-order valence-electron chi connectivity index (χ1n) is 7.68. The highest BCUT2D eigenvalue weighted by atomic mass is 16.2. The van der Waals surface area contributed by atoms with Crippen LogP contribution in [0.4, 0.5) is 4.79 Å². The quantitative estimate of drug-likeness (QED) is 0.945. The molecule has 0 spiro atoms. The van der Waals surface area contributed by atoms with Gasteiger partial charge in [-0.1, -0.05) is 13.0 Å². The Hall–Kier alpha value is -2.37. The average molecular weight is 299 g/mol. The van der Waals surface area contributed by atoms with E-state index in [-0.39, 0.29) is 6.03 Å². The van der Waals surface area contributed by atoms with E-state index in [4.69, 9.17) is 0 Å². The van der Waals surface area contributed by atoms with Gasteiger partial charge in [-0.15, -0.1) is 0 Å². The number of nitrogens with zero attached hydrogens (tertiary/aromatic N) is 4. The second kappa shape index (κ2) is 6.60. The number of pyridine rings is 1. The van der Waals surface area contributed by atoms with Crippen LogP contribution in [-0.2, 0) is 6.54 Å². The number of carbonyl (C=O) groups excluding carboxylic acids is 1. The minimum atomic E-state index is 0.0187. The number of imidazole rings is 1. The minimum absolute atomic E-state index is 0.0187. The summed E-state index contributed by atoms with van der Waals surface area (Å²) in [7, 11) is 0. The van der Waals surface area contributed by atoms with Gasteiger partial charge < -0.3 is 10.2 Å². The number of hydrogen-bond acceptors (Lipinski definition) is 3. The number of hydrogen-bond donors (Lipinski definition) is 1. The Morgan fingerprint density at radius 1 is 1.45 bits per heavy atom. The van der Waals surface area contributed by atoms with Crippen LogP contribution in [0.5, 0.6) is 0 Å². The van der Waals surface area contributed by atoms with Gasteiger partial charge in [0, 0.05) is 38.2 Å². The maximum Gasteiger partial charge on any atom is 0.317 e. The van der Waals surface area contributed by atoms with Crippen LogP contribution in [0.2, 0.25) is 0 Å². The summed E-state index contributed by atoms with van der Waals surface area (Å²) in [5.74, 6) is 1.41. The van der Waals surface area contributed by atoms with Crippen molar-refractivity contribution in [3.05, 3.63) is 42.6 Å². The zero-order chi connectivity index (χ0) is 15.4. The molecule has 3 rings (SSSR count). The fourth-order valence-electron chi connectivity index (χ4n) is 2.73. The fourth-order valence-corrected chi connectivity index (χ4v) is 2.73. The monoisotopic (exact) mass is 299 g/mol. The first-order valence-corrected chi connectivity index (χ1v) is 7.68. The summed E-state index contributed by atoms with van der Waals surface area (Å²) in [6.45, 7) is 4.40. The SMILES string of the molecule is CC1CCCN(C(=O)NCc2ccc(-n3ccnc3)nc2)C1. The molecular formula is C16H21N5O. The van der Waals surface area contributed by atoms with E-state index in [1.54, 1.807) is 18.7 Å². The van der Waals surface area contributed by atoms with Crippen molar-refractivity contribution in [3.8, 4) is 5.82 Å². The highest BCUT2D eigenvalue weighted by Gasteiger charge is 2.20. The van der Waals surface area contributed by atoms with Gasteiger partial charge in [-0.2, -0.15) is 0 Å². The molecule has 116 valence electrons. The fraction of sp³-hybridized carbons (Fsp3) is 0.438. The van der Waals surface area contributed by atoms with Crippen molar-refractivity contribution in [1.82, 2.24) is 24.8 Å². The summed E-state index contributed by atoms with van der Waals surface area (Å²) in [4.78, 5) is 22.4. The van der Waals surface area contributed by atoms with Crippen LogP contribution in [0.3, 0.4) is 0 Å². The lowest BCUT2D eigenvalue weighted by Crippen LogP contribution is -2.44. The van der Waals surface area contributed by atoms with Crippen molar-refractivity contribution in [2.24, 2.45) is 5.92 Å². The first-order chi connectivity index (χ1) is 10.7. The molecule has 0 saturated carbocycles. The predicted molar refractivity (Wildman–Crippen MR) is 83.6 cm³/mol. The molecule has 2 amide bonds. The van der Waals surface area contributed by atoms with Crippen molar-refractivity contribution in [3.63, 3.8) is 0 Å². The van der Waals surface area contributed by atoms with Crippen LogP contribution in [0.1, 0.15) is 25.3 Å². The Morgan fingerprint density at radius 3 is 3.05 bits per heavy atom. The summed E-state index contributed by atoms with van der Waals surface area (Å²) in [6, 6.07) is 3.92. The van der Waals surface area contributed by atoms with Crippen LogP contribution in [0.25, 0.3) is 5.82 Å². The molecule has 0 aliphatic carbocycles. The molecule has 1 saturated heterocycles. The van der Waals surface area contributed by atoms with E-state index in [1.165, 1.54) is 6.42 Å². The maximum atomic E-state index is 12.2. The number of urea groups is 1. The van der Waals surface area contributed by atoms with Gasteiger partial charge in [0.2, 0.25) is 0 Å². The van der Waals surface area contributed by atoms with Crippen molar-refractivity contribution < 1.29 is 4.79 Å². The van der Waals surface area contributed by atoms with Gasteiger partial charge >= 0.3 is 6.03 Å². The van der Waals surface area contributed by atoms with Gasteiger partial charge in [0.1, 0.15) is 12.1 Å². The highest BCUT2D eigenvalue weighted by molar-refractivity contribution is 5.74. The van der Waals surface area contributed by atoms with Crippen LogP contribution >= 0.6 is 0 Å². The average Bonchev–Trinajstić information content (AvgIpc) is 3.07. The second-order valence-electron chi connectivity index (χ2n) is 5.85. The Morgan fingerprint density at radius 2 is 2.36 bits per heavy atom. The van der Waals surface area contributed by atoms with Crippen molar-refractivity contribution in [2.75, 3.05) is 13.1 Å². The van der Waals surface area contributed by atoms with Crippen LogP contribution < -0.4 is 5.32 Å². The zero-order valence-corrected chi connectivity index (χ0v) is 12.8. The van der Waals surface area contributed by atoms with E-state index >= 15 is 0 Å². The summed E-state index contributed by atoms with van der Waals surface area (Å²) in [6.07, 6.45) is 9.37. The van der Waals surface area contributed by atoms with E-state index in [9.17, 15) is 4.79 Å². The van der Waals surface area contributed by atoms with E-state index < -0.39 is 0 Å². The molecule has 2 aromatic rings. The molecule has 1 aliphatic rings. The topological polar surface area (TPSA) is 63.1 Å². The smallest absolute Gasteiger partial charge is 0.317 e. The zero-order valence-electron chi connectivity index (χ0n) is 12.8. The third kappa shape index (κ3) is 3.44. The normalized spacial score (nSPS) is 18.2. The van der Waals surface area contributed by atoms with Crippen LogP contribution in [0.15, 0.2) is 37.1 Å². The van der Waals surface area contributed by atoms with Crippen molar-refractivity contribution in [2.45, 2.75) is 26.3 Å². The van der Waals surface area contributed by atoms with Gasteiger partial charge in [-0.05, 0) is 30.4 Å². The van der Waals surface area contributed by atoms with Crippen molar-refractivity contribution >= 4 is 6.03 Å². The summed E-state index contributed by atoms with van der Waals surface area (Å²) < 4.78 is 1.84. The molecular weight excluding hydrogens is 278 g/mol. The summed E-state index contributed by atoms with van der Waals surface area (Å²) >= 11 is 0. The molecule has 0 radical (unpaired) electrons. The predicted octanol–water partition coefficient (Wildman–Crippen LogP) is 2.21. The highest BCUT2D eigenvalue weighted by Crippen LogP contribution is 2.15. The second-order valence-corrected chi connectivity index (χ2v) is 5.85. The largest absolute Gasteiger partial charge is 0.334 e. The molecule has 1 unspecified atom stereocenters. The van der Waals surface area contributed by atoms with E-state index in [2.05, 4.69) is 22.2 Å². The Kier molecular flexibility index (Phi) is 4.37. The standard InChI is InChI=1S/C16H21N5O/c1-13-3-2-7-20(11-13)16(22)19-10-14-4-5-15(18-9-14)21-8-6-17-12-21/h4-6,8-9,12-13H,2-3,7,10-11H2,1H3,(H,19,22). The molecule has 1 atom stereocenters. The number of amides is 2. The van der Waals surface area contributed by atoms with Crippen LogP contribution in [0, 0.1) is 5.92 Å². The third-order valence-corrected chi connectivity index (χ3v) is 3.97. The molecule has 1 fully saturated rings. The van der Waals surface area contributed by atoms with E-state index in [0.717, 1.165) is 30.9 Å². The van der Waals surface area contributed by atoms with Gasteiger partial charge in [-0.3, -0.25) is 4.57 Å². The van der Waals surface area contributed by atoms with Gasteiger partial charge in [0.05, 0.1) is 0 Å². The lowest BCUT2D eigenvalue weighted by molar-refractivity contribution is 0.169. The number of carbonyl (C=O) groups is 1. The molecule has 1 N–H and O–H groups in total. The molecule has 3 heterocycles. The minimum Gasteiger partial charge on any atom is -0.334 e. The molecule has 1 aliphatic heterocycles. The molecule has 0 aromatic carbocycles. The number of aromatic nitrogens is 3. The van der Waals surface area contributed by atoms with Gasteiger partial charge in [-0.25, -0.2) is 14.8 Å². The number of nitrogens with one attached hydrogen (secondary N) is 1. The Labute approximate surface area is 130 Å². The lowest BCUT2D eigenvalue weighted by atomic mass is 10.0. The Bertz CT molecular complexity index is 608. The first kappa shape index (κ1) is 14.6. The molecule has 6 heteroatoms. The third-order valence-electron chi connectivity index (χ3n) is 3.97. The number of rotatable bonds is 3. The van der Waals surface area contributed by atoms with E-state index in [1.807, 2.05) is 27.8 Å². The van der Waals surface area contributed by atoms with Gasteiger partial charge in [0.15, 0.2) is 0 Å². The Balaban J connectivity index is 1.54. The molecule has 22 heavy (non-hydrogen) atoms. The number of likely N-dealkylation sites (tertiary alicyclic amines) is 1. The lowest BCUT2D eigenvalue weighted by Gasteiger charge is -2.30. The molecule has 0 bridgehead atoms. The van der Waals surface area contributed by atoms with Gasteiger partial charge in [0.25, 0.3) is 0 Å². The summed E-state index contributed by atoms with van der Waals surface area (Å²) in [5.41, 5.74) is 0.988. The van der Waals surface area contributed by atoms with E-state index in [0.29, 0.717) is 12.5 Å². The maximum absolute atomic E-state index is 12.2.